The van der Waals surface area contributed by atoms with Gasteiger partial charge in [-0.2, -0.15) is 0 Å². The van der Waals surface area contributed by atoms with E-state index in [2.05, 4.69) is 35.2 Å². The van der Waals surface area contributed by atoms with Gasteiger partial charge in [-0.05, 0) is 5.56 Å². The normalized spacial score (nSPS) is 17.4. The molecule has 0 N–H and O–H groups in total. The fourth-order valence-corrected chi connectivity index (χ4v) is 1.60. The lowest BCUT2D eigenvalue weighted by Gasteiger charge is -2.26. The second-order valence-electron chi connectivity index (χ2n) is 3.37. The van der Waals surface area contributed by atoms with E-state index < -0.39 is 0 Å². The summed E-state index contributed by atoms with van der Waals surface area (Å²) in [5.74, 6) is 0. The van der Waals surface area contributed by atoms with Gasteiger partial charge in [0.15, 0.2) is 0 Å². The third kappa shape index (κ3) is 3.16. The monoisotopic (exact) mass is 191 g/mol. The van der Waals surface area contributed by atoms with Crippen LogP contribution in [0.25, 0.3) is 0 Å². The van der Waals surface area contributed by atoms with Crippen LogP contribution in [0.1, 0.15) is 5.56 Å². The molecule has 0 bridgehead atoms. The highest BCUT2D eigenvalue weighted by atomic mass is 16.5. The Morgan fingerprint density at radius 3 is 2.36 bits per heavy atom. The predicted octanol–water partition coefficient (Wildman–Crippen LogP) is 0.335. The van der Waals surface area contributed by atoms with Crippen LogP contribution < -0.4 is 0 Å². The van der Waals surface area contributed by atoms with Crippen molar-refractivity contribution in [1.29, 1.82) is 0 Å². The molecule has 1 saturated heterocycles. The van der Waals surface area contributed by atoms with E-state index >= 15 is 0 Å². The molecule has 1 aromatic rings. The van der Waals surface area contributed by atoms with Crippen LogP contribution in [0.4, 0.5) is 0 Å². The Morgan fingerprint density at radius 1 is 1.07 bits per heavy atom. The van der Waals surface area contributed by atoms with Crippen LogP contribution in [0.5, 0.6) is 0 Å². The maximum absolute atomic E-state index is 5.30. The first kappa shape index (κ1) is 11.3. The molecule has 1 aliphatic heterocycles. The van der Waals surface area contributed by atoms with Crippen LogP contribution in [-0.2, 0) is 11.3 Å². The van der Waals surface area contributed by atoms with E-state index in [1.807, 2.05) is 0 Å². The lowest BCUT2D eigenvalue weighted by Crippen LogP contribution is -2.35. The van der Waals surface area contributed by atoms with Gasteiger partial charge in [0.25, 0.3) is 0 Å². The van der Waals surface area contributed by atoms with Crippen molar-refractivity contribution >= 4 is 8.41 Å². The molecule has 14 heavy (non-hydrogen) atoms. The average molecular weight is 191 g/mol. The van der Waals surface area contributed by atoms with Crippen molar-refractivity contribution in [3.63, 3.8) is 0 Å². The summed E-state index contributed by atoms with van der Waals surface area (Å²) < 4.78 is 5.30. The van der Waals surface area contributed by atoms with Gasteiger partial charge in [-0.1, -0.05) is 30.3 Å². The van der Waals surface area contributed by atoms with Gasteiger partial charge < -0.3 is 4.74 Å². The number of hydrogen-bond acceptors (Lipinski definition) is 2. The summed E-state index contributed by atoms with van der Waals surface area (Å²) >= 11 is 0. The Morgan fingerprint density at radius 2 is 1.71 bits per heavy atom. The zero-order valence-corrected chi connectivity index (χ0v) is 7.78. The van der Waals surface area contributed by atoms with Gasteiger partial charge in [-0.3, -0.25) is 4.90 Å². The standard InChI is InChI=1S/C11H15NO.BH3/c1-2-4-11(5-3-1)10-12-6-8-13-9-7-12;/h1-5H,6-10H2;1H3. The molecule has 0 spiro atoms. The van der Waals surface area contributed by atoms with Crippen molar-refractivity contribution in [3.8, 4) is 0 Å². The summed E-state index contributed by atoms with van der Waals surface area (Å²) in [4.78, 5) is 2.43. The van der Waals surface area contributed by atoms with E-state index in [9.17, 15) is 0 Å². The second kappa shape index (κ2) is 5.84. The minimum Gasteiger partial charge on any atom is -0.379 e. The summed E-state index contributed by atoms with van der Waals surface area (Å²) in [6.45, 7) is 4.95. The van der Waals surface area contributed by atoms with Gasteiger partial charge in [-0.25, -0.2) is 0 Å². The van der Waals surface area contributed by atoms with Crippen LogP contribution in [0.2, 0.25) is 0 Å². The molecule has 3 heteroatoms. The van der Waals surface area contributed by atoms with Crippen LogP contribution in [-0.4, -0.2) is 39.6 Å². The van der Waals surface area contributed by atoms with Gasteiger partial charge in [0.05, 0.1) is 21.6 Å². The number of hydrogen-bond donors (Lipinski definition) is 0. The van der Waals surface area contributed by atoms with Crippen LogP contribution in [0, 0.1) is 0 Å². The molecule has 1 aliphatic rings. The quantitative estimate of drug-likeness (QED) is 0.625. The lowest BCUT2D eigenvalue weighted by atomic mass is 10.2. The molecule has 2 rings (SSSR count). The zero-order valence-electron chi connectivity index (χ0n) is 7.78. The zero-order chi connectivity index (χ0) is 8.93. The third-order valence-electron chi connectivity index (χ3n) is 2.35. The maximum atomic E-state index is 5.30. The van der Waals surface area contributed by atoms with Gasteiger partial charge in [0.2, 0.25) is 0 Å². The first-order chi connectivity index (χ1) is 6.45. The molecule has 1 aromatic carbocycles. The van der Waals surface area contributed by atoms with E-state index in [1.165, 1.54) is 5.56 Å². The Kier molecular flexibility index (Phi) is 4.70. The Labute approximate surface area is 87.4 Å². The Bertz CT molecular complexity index is 247. The van der Waals surface area contributed by atoms with E-state index in [4.69, 9.17) is 4.74 Å². The fourth-order valence-electron chi connectivity index (χ4n) is 1.60. The summed E-state index contributed by atoms with van der Waals surface area (Å²) in [7, 11) is 0. The van der Waals surface area contributed by atoms with Crippen LogP contribution in [0.15, 0.2) is 30.3 Å². The molecule has 0 amide bonds. The minimum absolute atomic E-state index is 0. The van der Waals surface area contributed by atoms with Crippen molar-refractivity contribution in [2.45, 2.75) is 6.54 Å². The number of morpholine rings is 1. The van der Waals surface area contributed by atoms with Gasteiger partial charge in [0.1, 0.15) is 0 Å². The maximum Gasteiger partial charge on any atom is 0.0814 e. The highest BCUT2D eigenvalue weighted by molar-refractivity contribution is 5.75. The summed E-state index contributed by atoms with van der Waals surface area (Å²) in [5, 5.41) is 0. The SMILES string of the molecule is B.c1ccc(CN2CCOCC2)cc1. The average Bonchev–Trinajstić information content (AvgIpc) is 2.21. The van der Waals surface area contributed by atoms with E-state index in [0.717, 1.165) is 32.8 Å². The van der Waals surface area contributed by atoms with Crippen molar-refractivity contribution in [2.24, 2.45) is 0 Å². The first-order valence-electron chi connectivity index (χ1n) is 4.79. The number of rotatable bonds is 2. The number of benzene rings is 1. The predicted molar refractivity (Wildman–Crippen MR) is 62.5 cm³/mol. The molecular formula is C11H18BNO. The molecule has 0 radical (unpaired) electrons. The summed E-state index contributed by atoms with van der Waals surface area (Å²) in [5.41, 5.74) is 1.39. The third-order valence-corrected chi connectivity index (χ3v) is 2.35. The molecule has 0 aromatic heterocycles. The van der Waals surface area contributed by atoms with Crippen LogP contribution in [0.3, 0.4) is 0 Å². The van der Waals surface area contributed by atoms with Crippen molar-refractivity contribution in [1.82, 2.24) is 4.90 Å². The van der Waals surface area contributed by atoms with Crippen molar-refractivity contribution in [3.05, 3.63) is 35.9 Å². The molecule has 0 atom stereocenters. The van der Waals surface area contributed by atoms with Gasteiger partial charge >= 0.3 is 0 Å². The largest absolute Gasteiger partial charge is 0.379 e. The van der Waals surface area contributed by atoms with E-state index in [0.29, 0.717) is 0 Å². The van der Waals surface area contributed by atoms with Crippen LogP contribution >= 0.6 is 0 Å². The first-order valence-corrected chi connectivity index (χ1v) is 4.79. The second-order valence-corrected chi connectivity index (χ2v) is 3.37. The summed E-state index contributed by atoms with van der Waals surface area (Å²) in [6, 6.07) is 10.6. The highest BCUT2D eigenvalue weighted by Gasteiger charge is 2.09. The van der Waals surface area contributed by atoms with Gasteiger partial charge in [0, 0.05) is 19.6 Å². The van der Waals surface area contributed by atoms with Crippen molar-refractivity contribution < 1.29 is 4.74 Å². The highest BCUT2D eigenvalue weighted by Crippen LogP contribution is 2.05. The Hall–Kier alpha value is -0.795. The number of ether oxygens (including phenoxy) is 1. The molecule has 2 nitrogen and oxygen atoms in total. The smallest absolute Gasteiger partial charge is 0.0814 e. The van der Waals surface area contributed by atoms with Crippen molar-refractivity contribution in [2.75, 3.05) is 26.3 Å². The molecular weight excluding hydrogens is 173 g/mol. The molecule has 1 heterocycles. The molecule has 0 unspecified atom stereocenters. The summed E-state index contributed by atoms with van der Waals surface area (Å²) in [6.07, 6.45) is 0. The molecule has 0 saturated carbocycles. The van der Waals surface area contributed by atoms with Gasteiger partial charge in [-0.15, -0.1) is 0 Å². The fraction of sp³-hybridized carbons (Fsp3) is 0.455. The molecule has 0 aliphatic carbocycles. The van der Waals surface area contributed by atoms with E-state index in [-0.39, 0.29) is 8.41 Å². The topological polar surface area (TPSA) is 12.5 Å². The molecule has 1 fully saturated rings. The van der Waals surface area contributed by atoms with E-state index in [1.54, 1.807) is 0 Å². The Balaban J connectivity index is 0.000000980. The minimum atomic E-state index is 0. The number of nitrogens with zero attached hydrogens (tertiary/aromatic N) is 1. The molecule has 76 valence electrons. The lowest BCUT2D eigenvalue weighted by molar-refractivity contribution is 0.0342.